The van der Waals surface area contributed by atoms with Crippen LogP contribution in [0.1, 0.15) is 24.0 Å². The Hall–Kier alpha value is -3.03. The molecule has 0 unspecified atom stereocenters. The van der Waals surface area contributed by atoms with Crippen LogP contribution in [0.5, 0.6) is 0 Å². The summed E-state index contributed by atoms with van der Waals surface area (Å²) in [5.74, 6) is -2.00. The van der Waals surface area contributed by atoms with Crippen LogP contribution in [0.25, 0.3) is 0 Å². The van der Waals surface area contributed by atoms with Gasteiger partial charge in [0.1, 0.15) is 5.78 Å². The smallest absolute Gasteiger partial charge is 0.261 e. The van der Waals surface area contributed by atoms with Gasteiger partial charge in [-0.2, -0.15) is 0 Å². The molecule has 2 heterocycles. The zero-order chi connectivity index (χ0) is 18.5. The Morgan fingerprint density at radius 3 is 1.58 bits per heavy atom. The van der Waals surface area contributed by atoms with Crippen LogP contribution in [-0.2, 0) is 25.6 Å². The van der Waals surface area contributed by atoms with Gasteiger partial charge < -0.3 is 20.8 Å². The number of nitrogens with one attached hydrogen (secondary N) is 2. The fraction of sp³-hybridized carbons (Fsp3) is 0.211. The molecule has 2 atom stereocenters. The van der Waals surface area contributed by atoms with Crippen LogP contribution in [0.3, 0.4) is 0 Å². The molecule has 0 spiro atoms. The minimum atomic E-state index is -2.02. The number of benzene rings is 2. The summed E-state index contributed by atoms with van der Waals surface area (Å²) in [5, 5.41) is 26.6. The summed E-state index contributed by atoms with van der Waals surface area (Å²) in [6.45, 7) is 0. The molecule has 0 saturated heterocycles. The highest BCUT2D eigenvalue weighted by Crippen LogP contribution is 2.42. The normalized spacial score (nSPS) is 26.1. The average Bonchev–Trinajstić information content (AvgIpc) is 3.00. The van der Waals surface area contributed by atoms with E-state index in [1.54, 1.807) is 48.5 Å². The number of rotatable bonds is 4. The first kappa shape index (κ1) is 16.4. The number of aliphatic hydroxyl groups is 2. The van der Waals surface area contributed by atoms with E-state index in [2.05, 4.69) is 10.6 Å². The third-order valence-electron chi connectivity index (χ3n) is 4.90. The van der Waals surface area contributed by atoms with Crippen LogP contribution in [-0.4, -0.2) is 27.8 Å². The Balaban J connectivity index is 1.60. The van der Waals surface area contributed by atoms with E-state index in [1.807, 2.05) is 0 Å². The van der Waals surface area contributed by atoms with Crippen molar-refractivity contribution < 1.29 is 24.6 Å². The number of carbonyl (C=O) groups excluding carboxylic acids is 3. The first-order valence-electron chi connectivity index (χ1n) is 8.13. The fourth-order valence-electron chi connectivity index (χ4n) is 3.59. The minimum Gasteiger partial charge on any atom is -0.375 e. The zero-order valence-corrected chi connectivity index (χ0v) is 13.7. The van der Waals surface area contributed by atoms with Crippen molar-refractivity contribution in [2.24, 2.45) is 0 Å². The predicted molar refractivity (Wildman–Crippen MR) is 92.2 cm³/mol. The molecule has 2 amide bonds. The van der Waals surface area contributed by atoms with Gasteiger partial charge in [-0.25, -0.2) is 0 Å². The Morgan fingerprint density at radius 1 is 0.769 bits per heavy atom. The highest BCUT2D eigenvalue weighted by Gasteiger charge is 2.50. The van der Waals surface area contributed by atoms with Crippen LogP contribution >= 0.6 is 0 Å². The van der Waals surface area contributed by atoms with E-state index in [-0.39, 0.29) is 0 Å². The number of para-hydroxylation sites is 2. The van der Waals surface area contributed by atoms with Crippen molar-refractivity contribution in [3.63, 3.8) is 0 Å². The van der Waals surface area contributed by atoms with Gasteiger partial charge in [0.15, 0.2) is 11.2 Å². The van der Waals surface area contributed by atoms with Crippen molar-refractivity contribution in [2.45, 2.75) is 24.0 Å². The Kier molecular flexibility index (Phi) is 3.47. The second kappa shape index (κ2) is 5.48. The molecule has 0 bridgehead atoms. The summed E-state index contributed by atoms with van der Waals surface area (Å²) in [7, 11) is 0. The van der Waals surface area contributed by atoms with E-state index in [4.69, 9.17) is 0 Å². The monoisotopic (exact) mass is 352 g/mol. The lowest BCUT2D eigenvalue weighted by Crippen LogP contribution is -2.41. The number of hydrogen-bond donors (Lipinski definition) is 4. The number of hydrogen-bond acceptors (Lipinski definition) is 5. The first-order valence-corrected chi connectivity index (χ1v) is 8.13. The summed E-state index contributed by atoms with van der Waals surface area (Å²) in [6, 6.07) is 13.1. The maximum atomic E-state index is 12.6. The molecule has 2 aliphatic heterocycles. The van der Waals surface area contributed by atoms with Crippen molar-refractivity contribution in [1.29, 1.82) is 0 Å². The van der Waals surface area contributed by atoms with Gasteiger partial charge >= 0.3 is 0 Å². The van der Waals surface area contributed by atoms with Gasteiger partial charge in [0.05, 0.1) is 0 Å². The largest absolute Gasteiger partial charge is 0.375 e. The topological polar surface area (TPSA) is 116 Å². The highest BCUT2D eigenvalue weighted by atomic mass is 16.3. The summed E-state index contributed by atoms with van der Waals surface area (Å²) in [5.41, 5.74) is -2.54. The zero-order valence-electron chi connectivity index (χ0n) is 13.7. The second-order valence-corrected chi connectivity index (χ2v) is 6.61. The third-order valence-corrected chi connectivity index (χ3v) is 4.90. The van der Waals surface area contributed by atoms with Crippen molar-refractivity contribution in [3.8, 4) is 0 Å². The summed E-state index contributed by atoms with van der Waals surface area (Å²) in [4.78, 5) is 37.0. The van der Waals surface area contributed by atoms with Gasteiger partial charge in [-0.15, -0.1) is 0 Å². The van der Waals surface area contributed by atoms with Crippen LogP contribution in [0.4, 0.5) is 11.4 Å². The summed E-state index contributed by atoms with van der Waals surface area (Å²) < 4.78 is 0. The molecule has 132 valence electrons. The van der Waals surface area contributed by atoms with Gasteiger partial charge in [0.2, 0.25) is 0 Å². The Labute approximate surface area is 148 Å². The van der Waals surface area contributed by atoms with E-state index < -0.39 is 41.6 Å². The average molecular weight is 352 g/mol. The number of carbonyl (C=O) groups is 3. The molecule has 4 rings (SSSR count). The lowest BCUT2D eigenvalue weighted by atomic mass is 9.84. The van der Waals surface area contributed by atoms with Crippen LogP contribution in [0.15, 0.2) is 48.5 Å². The van der Waals surface area contributed by atoms with Crippen LogP contribution < -0.4 is 10.6 Å². The quantitative estimate of drug-likeness (QED) is 0.656. The molecule has 7 nitrogen and oxygen atoms in total. The lowest BCUT2D eigenvalue weighted by Gasteiger charge is -2.24. The molecule has 2 aromatic rings. The number of Topliss-reactive ketones (excluding diaryl/α,β-unsaturated/α-hetero) is 1. The number of fused-ring (bicyclic) bond motifs is 2. The SMILES string of the molecule is O=C(C[C@]1(O)C(=O)Nc2ccccc21)C[C@]1(O)C(=O)Nc2ccccc21. The molecule has 0 fully saturated rings. The fourth-order valence-corrected chi connectivity index (χ4v) is 3.59. The third kappa shape index (κ3) is 2.25. The maximum Gasteiger partial charge on any atom is 0.261 e. The molecule has 7 heteroatoms. The Bertz CT molecular complexity index is 881. The number of anilines is 2. The van der Waals surface area contributed by atoms with E-state index in [0.717, 1.165) is 0 Å². The molecule has 2 aliphatic rings. The molecule has 0 aliphatic carbocycles. The predicted octanol–water partition coefficient (Wildman–Crippen LogP) is 1.02. The molecule has 0 radical (unpaired) electrons. The van der Waals surface area contributed by atoms with Gasteiger partial charge in [-0.1, -0.05) is 36.4 Å². The van der Waals surface area contributed by atoms with Gasteiger partial charge in [0, 0.05) is 35.3 Å². The molecular formula is C19H16N2O5. The minimum absolute atomic E-state index is 0.307. The van der Waals surface area contributed by atoms with Crippen molar-refractivity contribution in [2.75, 3.05) is 10.6 Å². The molecule has 2 aromatic carbocycles. The van der Waals surface area contributed by atoms with Crippen molar-refractivity contribution >= 4 is 29.0 Å². The van der Waals surface area contributed by atoms with E-state index in [9.17, 15) is 24.6 Å². The molecule has 4 N–H and O–H groups in total. The van der Waals surface area contributed by atoms with Gasteiger partial charge in [-0.05, 0) is 12.1 Å². The second-order valence-electron chi connectivity index (χ2n) is 6.61. The molecule has 0 aromatic heterocycles. The van der Waals surface area contributed by atoms with Crippen LogP contribution in [0, 0.1) is 0 Å². The summed E-state index contributed by atoms with van der Waals surface area (Å²) >= 11 is 0. The highest BCUT2D eigenvalue weighted by molar-refractivity contribution is 6.09. The van der Waals surface area contributed by atoms with E-state index >= 15 is 0 Å². The maximum absolute atomic E-state index is 12.6. The Morgan fingerprint density at radius 2 is 1.15 bits per heavy atom. The molecule has 26 heavy (non-hydrogen) atoms. The van der Waals surface area contributed by atoms with Gasteiger partial charge in [0.25, 0.3) is 11.8 Å². The molecule has 0 saturated carbocycles. The van der Waals surface area contributed by atoms with Crippen LogP contribution in [0.2, 0.25) is 0 Å². The van der Waals surface area contributed by atoms with Gasteiger partial charge in [-0.3, -0.25) is 14.4 Å². The number of amides is 2. The van der Waals surface area contributed by atoms with E-state index in [1.165, 1.54) is 0 Å². The standard InChI is InChI=1S/C19H16N2O5/c22-11(9-18(25)12-5-1-3-7-14(12)20-16(18)23)10-19(26)13-6-2-4-8-15(13)21-17(19)24/h1-8,25-26H,9-10H2,(H,20,23)(H,21,24)/t18-,19-/m1/s1. The number of ketones is 1. The first-order chi connectivity index (χ1) is 12.3. The lowest BCUT2D eigenvalue weighted by molar-refractivity contribution is -0.145. The van der Waals surface area contributed by atoms with E-state index in [0.29, 0.717) is 22.5 Å². The van der Waals surface area contributed by atoms with Crippen molar-refractivity contribution in [1.82, 2.24) is 0 Å². The summed E-state index contributed by atoms with van der Waals surface area (Å²) in [6.07, 6.45) is -1.07. The van der Waals surface area contributed by atoms with Crippen molar-refractivity contribution in [3.05, 3.63) is 59.7 Å². The molecular weight excluding hydrogens is 336 g/mol.